The van der Waals surface area contributed by atoms with Crippen molar-refractivity contribution in [3.8, 4) is 5.75 Å². The number of carbonyl (C=O) groups is 2. The molecule has 1 aromatic carbocycles. The Morgan fingerprint density at radius 3 is 2.50 bits per heavy atom. The van der Waals surface area contributed by atoms with Crippen molar-refractivity contribution >= 4 is 24.2 Å². The van der Waals surface area contributed by atoms with Crippen LogP contribution in [0.25, 0.3) is 0 Å². The quantitative estimate of drug-likeness (QED) is 0.780. The Bertz CT molecular complexity index is 495. The third-order valence-electron chi connectivity index (χ3n) is 3.04. The molecule has 0 saturated carbocycles. The number of hydrogen-bond donors (Lipinski definition) is 2. The second-order valence-electron chi connectivity index (χ2n) is 4.97. The number of hydrogen-bond acceptors (Lipinski definition) is 4. The largest absolute Gasteiger partial charge is 0.483 e. The van der Waals surface area contributed by atoms with Gasteiger partial charge in [0.15, 0.2) is 6.61 Å². The zero-order valence-corrected chi connectivity index (χ0v) is 14.2. The zero-order chi connectivity index (χ0) is 15.8. The molecule has 0 saturated heterocycles. The highest BCUT2D eigenvalue weighted by Crippen LogP contribution is 2.17. The van der Waals surface area contributed by atoms with E-state index in [9.17, 15) is 9.59 Å². The average Bonchev–Trinajstić information content (AvgIpc) is 2.49. The minimum Gasteiger partial charge on any atom is -0.483 e. The maximum absolute atomic E-state index is 12.2. The highest BCUT2D eigenvalue weighted by Gasteiger charge is 2.14. The number of carbonyl (C=O) groups excluding carboxylic acids is 2. The topological polar surface area (TPSA) is 70.7 Å². The number of nitrogens with one attached hydrogen (secondary N) is 2. The van der Waals surface area contributed by atoms with Gasteiger partial charge in [-0.25, -0.2) is 0 Å². The molecule has 0 aliphatic rings. The normalized spacial score (nSPS) is 11.1. The van der Waals surface area contributed by atoms with Crippen LogP contribution in [0.1, 0.15) is 17.3 Å². The number of likely N-dealkylation sites (N-methyl/N-ethyl adjacent to an activating group) is 2. The summed E-state index contributed by atoms with van der Waals surface area (Å²) in [5.41, 5.74) is 0.423. The van der Waals surface area contributed by atoms with Crippen LogP contribution >= 0.6 is 12.4 Å². The van der Waals surface area contributed by atoms with E-state index in [2.05, 4.69) is 10.6 Å². The van der Waals surface area contributed by atoms with E-state index in [0.29, 0.717) is 17.9 Å². The Morgan fingerprint density at radius 1 is 1.27 bits per heavy atom. The van der Waals surface area contributed by atoms with Gasteiger partial charge in [0.05, 0.1) is 5.56 Å². The maximum atomic E-state index is 12.2. The van der Waals surface area contributed by atoms with Crippen LogP contribution in [0.15, 0.2) is 24.3 Å². The van der Waals surface area contributed by atoms with Gasteiger partial charge in [0.1, 0.15) is 5.75 Å². The first-order chi connectivity index (χ1) is 9.95. The van der Waals surface area contributed by atoms with Gasteiger partial charge in [-0.3, -0.25) is 9.59 Å². The van der Waals surface area contributed by atoms with Crippen LogP contribution in [-0.4, -0.2) is 57.1 Å². The molecule has 7 heteroatoms. The monoisotopic (exact) mass is 329 g/mol. The molecule has 1 rings (SSSR count). The van der Waals surface area contributed by atoms with Crippen molar-refractivity contribution in [2.45, 2.75) is 13.0 Å². The molecule has 0 aromatic heterocycles. The lowest BCUT2D eigenvalue weighted by Crippen LogP contribution is -2.37. The molecule has 0 spiro atoms. The number of benzene rings is 1. The van der Waals surface area contributed by atoms with E-state index < -0.39 is 0 Å². The van der Waals surface area contributed by atoms with E-state index in [1.54, 1.807) is 38.4 Å². The molecule has 124 valence electrons. The molecule has 0 aliphatic carbocycles. The predicted molar refractivity (Wildman–Crippen MR) is 88.7 cm³/mol. The van der Waals surface area contributed by atoms with Crippen LogP contribution in [-0.2, 0) is 4.79 Å². The van der Waals surface area contributed by atoms with Crippen LogP contribution in [0.4, 0.5) is 0 Å². The first kappa shape index (κ1) is 20.2. The minimum atomic E-state index is -0.218. The van der Waals surface area contributed by atoms with E-state index in [-0.39, 0.29) is 36.9 Å². The van der Waals surface area contributed by atoms with Crippen molar-refractivity contribution in [1.29, 1.82) is 0 Å². The van der Waals surface area contributed by atoms with Gasteiger partial charge in [0.2, 0.25) is 0 Å². The highest BCUT2D eigenvalue weighted by molar-refractivity contribution is 5.97. The molecule has 0 aliphatic heterocycles. The van der Waals surface area contributed by atoms with Gasteiger partial charge in [0.25, 0.3) is 11.8 Å². The lowest BCUT2D eigenvalue weighted by Gasteiger charge is -2.15. The molecule has 1 aromatic rings. The SMILES string of the molecule is CNC(C)CNC(=O)c1ccccc1OCC(=O)N(C)C.Cl. The Balaban J connectivity index is 0.00000441. The molecule has 0 fully saturated rings. The van der Waals surface area contributed by atoms with Gasteiger partial charge >= 0.3 is 0 Å². The third kappa shape index (κ3) is 6.32. The van der Waals surface area contributed by atoms with Crippen molar-refractivity contribution in [2.24, 2.45) is 0 Å². The molecule has 2 amide bonds. The number of nitrogens with zero attached hydrogens (tertiary/aromatic N) is 1. The van der Waals surface area contributed by atoms with E-state index in [1.165, 1.54) is 4.90 Å². The summed E-state index contributed by atoms with van der Waals surface area (Å²) in [6, 6.07) is 7.06. The Labute approximate surface area is 137 Å². The van der Waals surface area contributed by atoms with Crippen LogP contribution in [0.2, 0.25) is 0 Å². The molecule has 0 heterocycles. The molecule has 1 unspecified atom stereocenters. The zero-order valence-electron chi connectivity index (χ0n) is 13.4. The van der Waals surface area contributed by atoms with E-state index in [4.69, 9.17) is 4.74 Å². The molecular formula is C15H24ClN3O3. The van der Waals surface area contributed by atoms with Crippen molar-refractivity contribution in [3.05, 3.63) is 29.8 Å². The molecule has 22 heavy (non-hydrogen) atoms. The number of amides is 2. The van der Waals surface area contributed by atoms with Crippen LogP contribution < -0.4 is 15.4 Å². The Kier molecular flexibility index (Phi) is 9.21. The molecule has 0 bridgehead atoms. The van der Waals surface area contributed by atoms with E-state index >= 15 is 0 Å². The Hall–Kier alpha value is -1.79. The predicted octanol–water partition coefficient (Wildman–Crippen LogP) is 0.913. The van der Waals surface area contributed by atoms with Crippen molar-refractivity contribution in [1.82, 2.24) is 15.5 Å². The van der Waals surface area contributed by atoms with Gasteiger partial charge in [-0.2, -0.15) is 0 Å². The standard InChI is InChI=1S/C15H23N3O3.ClH/c1-11(16-2)9-17-15(20)12-7-5-6-8-13(12)21-10-14(19)18(3)4;/h5-8,11,16H,9-10H2,1-4H3,(H,17,20);1H. The van der Waals surface area contributed by atoms with Gasteiger partial charge in [-0.15, -0.1) is 12.4 Å². The summed E-state index contributed by atoms with van der Waals surface area (Å²) < 4.78 is 5.45. The number of para-hydroxylation sites is 1. The molecule has 2 N–H and O–H groups in total. The van der Waals surface area contributed by atoms with Crippen molar-refractivity contribution in [2.75, 3.05) is 34.3 Å². The van der Waals surface area contributed by atoms with E-state index in [1.807, 2.05) is 14.0 Å². The number of rotatable bonds is 7. The van der Waals surface area contributed by atoms with Gasteiger partial charge in [0, 0.05) is 26.7 Å². The summed E-state index contributed by atoms with van der Waals surface area (Å²) in [6.45, 7) is 2.39. The second-order valence-corrected chi connectivity index (χ2v) is 4.97. The summed E-state index contributed by atoms with van der Waals surface area (Å²) in [5, 5.41) is 5.87. The average molecular weight is 330 g/mol. The van der Waals surface area contributed by atoms with Gasteiger partial charge in [-0.05, 0) is 26.1 Å². The number of ether oxygens (including phenoxy) is 1. The van der Waals surface area contributed by atoms with Gasteiger partial charge in [-0.1, -0.05) is 12.1 Å². The number of halogens is 1. The fraction of sp³-hybridized carbons (Fsp3) is 0.467. The molecule has 1 atom stereocenters. The summed E-state index contributed by atoms with van der Waals surface area (Å²) in [6.07, 6.45) is 0. The smallest absolute Gasteiger partial charge is 0.259 e. The maximum Gasteiger partial charge on any atom is 0.259 e. The third-order valence-corrected chi connectivity index (χ3v) is 3.04. The fourth-order valence-electron chi connectivity index (χ4n) is 1.49. The molecule has 0 radical (unpaired) electrons. The summed E-state index contributed by atoms with van der Waals surface area (Å²) in [5.74, 6) is 0.0290. The highest BCUT2D eigenvalue weighted by atomic mass is 35.5. The molecule has 6 nitrogen and oxygen atoms in total. The first-order valence-electron chi connectivity index (χ1n) is 6.83. The van der Waals surface area contributed by atoms with Crippen LogP contribution in [0.3, 0.4) is 0 Å². The summed E-state index contributed by atoms with van der Waals surface area (Å²) in [4.78, 5) is 25.1. The van der Waals surface area contributed by atoms with E-state index in [0.717, 1.165) is 0 Å². The summed E-state index contributed by atoms with van der Waals surface area (Å²) >= 11 is 0. The van der Waals surface area contributed by atoms with Crippen molar-refractivity contribution < 1.29 is 14.3 Å². The fourth-order valence-corrected chi connectivity index (χ4v) is 1.49. The molecular weight excluding hydrogens is 306 g/mol. The van der Waals surface area contributed by atoms with Gasteiger partial charge < -0.3 is 20.3 Å². The lowest BCUT2D eigenvalue weighted by molar-refractivity contribution is -0.130. The Morgan fingerprint density at radius 2 is 1.91 bits per heavy atom. The lowest BCUT2D eigenvalue weighted by atomic mass is 10.2. The van der Waals surface area contributed by atoms with Crippen LogP contribution in [0, 0.1) is 0 Å². The summed E-state index contributed by atoms with van der Waals surface area (Å²) in [7, 11) is 5.15. The minimum absolute atomic E-state index is 0. The van der Waals surface area contributed by atoms with Crippen LogP contribution in [0.5, 0.6) is 5.75 Å². The van der Waals surface area contributed by atoms with Crippen molar-refractivity contribution in [3.63, 3.8) is 0 Å². The second kappa shape index (κ2) is 10.0. The first-order valence-corrected chi connectivity index (χ1v) is 6.83.